The van der Waals surface area contributed by atoms with Crippen LogP contribution in [0.4, 0.5) is 0 Å². The second kappa shape index (κ2) is 6.58. The van der Waals surface area contributed by atoms with Gasteiger partial charge in [-0.3, -0.25) is 4.68 Å². The van der Waals surface area contributed by atoms with E-state index < -0.39 is 5.60 Å². The van der Waals surface area contributed by atoms with Crippen molar-refractivity contribution in [3.63, 3.8) is 0 Å². The van der Waals surface area contributed by atoms with E-state index in [4.69, 9.17) is 0 Å². The highest BCUT2D eigenvalue weighted by Crippen LogP contribution is 2.28. The molecule has 2 N–H and O–H groups in total. The van der Waals surface area contributed by atoms with E-state index in [0.29, 0.717) is 12.5 Å². The van der Waals surface area contributed by atoms with Gasteiger partial charge >= 0.3 is 0 Å². The Morgan fingerprint density at radius 3 is 2.85 bits per heavy atom. The van der Waals surface area contributed by atoms with Crippen LogP contribution >= 0.6 is 15.9 Å². The summed E-state index contributed by atoms with van der Waals surface area (Å²) in [5.74, 6) is 0. The number of halogens is 1. The van der Waals surface area contributed by atoms with Gasteiger partial charge in [-0.25, -0.2) is 0 Å². The molecule has 0 radical (unpaired) electrons. The van der Waals surface area contributed by atoms with Crippen LogP contribution in [0, 0.1) is 6.92 Å². The maximum atomic E-state index is 10.8. The first-order chi connectivity index (χ1) is 9.43. The minimum absolute atomic E-state index is 0.441. The van der Waals surface area contributed by atoms with Gasteiger partial charge in [-0.2, -0.15) is 5.10 Å². The zero-order valence-electron chi connectivity index (χ0n) is 12.7. The lowest BCUT2D eigenvalue weighted by molar-refractivity contribution is 0.0351. The Morgan fingerprint density at radius 1 is 1.50 bits per heavy atom. The number of aryl methyl sites for hydroxylation is 2. The lowest BCUT2D eigenvalue weighted by Gasteiger charge is -2.31. The highest BCUT2D eigenvalue weighted by molar-refractivity contribution is 9.10. The van der Waals surface area contributed by atoms with Crippen LogP contribution in [0.15, 0.2) is 4.47 Å². The molecule has 0 spiro atoms. The van der Waals surface area contributed by atoms with Crippen LogP contribution in [-0.2, 0) is 13.0 Å². The Morgan fingerprint density at radius 2 is 2.25 bits per heavy atom. The average Bonchev–Trinajstić information content (AvgIpc) is 2.66. The van der Waals surface area contributed by atoms with Gasteiger partial charge in [-0.15, -0.1) is 0 Å². The summed E-state index contributed by atoms with van der Waals surface area (Å²) in [6.45, 7) is 7.94. The van der Waals surface area contributed by atoms with Gasteiger partial charge in [-0.1, -0.05) is 6.42 Å². The van der Waals surface area contributed by atoms with Gasteiger partial charge in [0.2, 0.25) is 0 Å². The van der Waals surface area contributed by atoms with Crippen LogP contribution in [0.3, 0.4) is 0 Å². The Kier molecular flexibility index (Phi) is 5.26. The predicted molar refractivity (Wildman–Crippen MR) is 84.9 cm³/mol. The Labute approximate surface area is 130 Å². The second-order valence-corrected chi connectivity index (χ2v) is 6.98. The number of hydrogen-bond donors (Lipinski definition) is 2. The summed E-state index contributed by atoms with van der Waals surface area (Å²) in [4.78, 5) is 0. The number of aliphatic hydroxyl groups is 1. The Hall–Kier alpha value is -0.390. The first-order valence-corrected chi connectivity index (χ1v) is 8.40. The van der Waals surface area contributed by atoms with E-state index in [-0.39, 0.29) is 0 Å². The van der Waals surface area contributed by atoms with Crippen molar-refractivity contribution in [3.8, 4) is 0 Å². The fourth-order valence-corrected chi connectivity index (χ4v) is 3.52. The standard InChI is InChI=1S/C15H26BrN3O/c1-4-19-13(14(16)11(2)18-19)10-15(3,20)9-12-7-5-6-8-17-12/h12,17,20H,4-10H2,1-3H3. The molecule has 20 heavy (non-hydrogen) atoms. The van der Waals surface area contributed by atoms with Crippen LogP contribution in [0.25, 0.3) is 0 Å². The van der Waals surface area contributed by atoms with E-state index in [1.54, 1.807) is 0 Å². The summed E-state index contributed by atoms with van der Waals surface area (Å²) < 4.78 is 3.03. The van der Waals surface area contributed by atoms with Gasteiger partial charge in [-0.05, 0) is 62.5 Å². The number of aromatic nitrogens is 2. The SMILES string of the molecule is CCn1nc(C)c(Br)c1CC(C)(O)CC1CCCCN1. The zero-order valence-corrected chi connectivity index (χ0v) is 14.3. The minimum Gasteiger partial charge on any atom is -0.390 e. The van der Waals surface area contributed by atoms with E-state index in [2.05, 4.69) is 33.3 Å². The van der Waals surface area contributed by atoms with Crippen LogP contribution < -0.4 is 5.32 Å². The molecule has 0 amide bonds. The van der Waals surface area contributed by atoms with E-state index >= 15 is 0 Å². The molecule has 1 aliphatic heterocycles. The van der Waals surface area contributed by atoms with Gasteiger partial charge in [0.1, 0.15) is 0 Å². The van der Waals surface area contributed by atoms with Crippen LogP contribution in [0.5, 0.6) is 0 Å². The highest BCUT2D eigenvalue weighted by Gasteiger charge is 2.29. The van der Waals surface area contributed by atoms with Gasteiger partial charge < -0.3 is 10.4 Å². The van der Waals surface area contributed by atoms with Crippen molar-refractivity contribution >= 4 is 15.9 Å². The lowest BCUT2D eigenvalue weighted by atomic mass is 9.88. The molecule has 0 aromatic carbocycles. The monoisotopic (exact) mass is 343 g/mol. The molecule has 2 unspecified atom stereocenters. The number of rotatable bonds is 5. The third-order valence-electron chi connectivity index (χ3n) is 4.10. The molecule has 2 heterocycles. The molecule has 0 saturated carbocycles. The number of hydrogen-bond acceptors (Lipinski definition) is 3. The third kappa shape index (κ3) is 3.83. The summed E-state index contributed by atoms with van der Waals surface area (Å²) in [5.41, 5.74) is 1.40. The molecule has 1 aromatic heterocycles. The van der Waals surface area contributed by atoms with E-state index in [9.17, 15) is 5.11 Å². The van der Waals surface area contributed by atoms with Gasteiger partial charge in [0, 0.05) is 19.0 Å². The summed E-state index contributed by atoms with van der Waals surface area (Å²) in [7, 11) is 0. The van der Waals surface area contributed by atoms with Crippen molar-refractivity contribution in [2.24, 2.45) is 0 Å². The maximum Gasteiger partial charge on any atom is 0.0738 e. The predicted octanol–water partition coefficient (Wildman–Crippen LogP) is 2.80. The molecule has 1 fully saturated rings. The van der Waals surface area contributed by atoms with Crippen molar-refractivity contribution in [1.82, 2.24) is 15.1 Å². The summed E-state index contributed by atoms with van der Waals surface area (Å²) in [5, 5.41) is 18.8. The zero-order chi connectivity index (χ0) is 14.8. The van der Waals surface area contributed by atoms with Crippen molar-refractivity contribution in [2.45, 2.75) is 71.1 Å². The van der Waals surface area contributed by atoms with Crippen molar-refractivity contribution in [2.75, 3.05) is 6.54 Å². The quantitative estimate of drug-likeness (QED) is 0.864. The number of piperidine rings is 1. The molecule has 0 aliphatic carbocycles. The second-order valence-electron chi connectivity index (χ2n) is 6.19. The molecule has 1 aliphatic rings. The largest absolute Gasteiger partial charge is 0.390 e. The molecule has 2 rings (SSSR count). The third-order valence-corrected chi connectivity index (χ3v) is 5.13. The summed E-state index contributed by atoms with van der Waals surface area (Å²) >= 11 is 3.61. The van der Waals surface area contributed by atoms with E-state index in [1.165, 1.54) is 19.3 Å². The molecule has 5 heteroatoms. The molecular formula is C15H26BrN3O. The first kappa shape index (κ1) is 16.0. The topological polar surface area (TPSA) is 50.1 Å². The number of nitrogens with zero attached hydrogens (tertiary/aromatic N) is 2. The fraction of sp³-hybridized carbons (Fsp3) is 0.800. The van der Waals surface area contributed by atoms with Gasteiger partial charge in [0.25, 0.3) is 0 Å². The molecular weight excluding hydrogens is 318 g/mol. The molecule has 0 bridgehead atoms. The summed E-state index contributed by atoms with van der Waals surface area (Å²) in [6, 6.07) is 0.441. The average molecular weight is 344 g/mol. The Bertz CT molecular complexity index is 450. The molecule has 2 atom stereocenters. The van der Waals surface area contributed by atoms with Crippen LogP contribution in [0.2, 0.25) is 0 Å². The Balaban J connectivity index is 2.07. The first-order valence-electron chi connectivity index (χ1n) is 7.60. The molecule has 1 saturated heterocycles. The summed E-state index contributed by atoms with van der Waals surface area (Å²) in [6.07, 6.45) is 5.13. The molecule has 1 aromatic rings. The van der Waals surface area contributed by atoms with Gasteiger partial charge in [0.15, 0.2) is 0 Å². The van der Waals surface area contributed by atoms with Crippen molar-refractivity contribution < 1.29 is 5.11 Å². The van der Waals surface area contributed by atoms with Crippen LogP contribution in [-0.4, -0.2) is 33.1 Å². The lowest BCUT2D eigenvalue weighted by Crippen LogP contribution is -2.42. The fourth-order valence-electron chi connectivity index (χ4n) is 3.10. The normalized spacial score (nSPS) is 22.8. The van der Waals surface area contributed by atoms with E-state index in [1.807, 2.05) is 18.5 Å². The van der Waals surface area contributed by atoms with Gasteiger partial charge in [0.05, 0.1) is 21.5 Å². The van der Waals surface area contributed by atoms with E-state index in [0.717, 1.165) is 35.4 Å². The molecule has 4 nitrogen and oxygen atoms in total. The van der Waals surface area contributed by atoms with Crippen LogP contribution in [0.1, 0.15) is 50.9 Å². The molecule has 114 valence electrons. The maximum absolute atomic E-state index is 10.8. The van der Waals surface area contributed by atoms with Crippen molar-refractivity contribution in [3.05, 3.63) is 15.9 Å². The highest BCUT2D eigenvalue weighted by atomic mass is 79.9. The number of nitrogens with one attached hydrogen (secondary N) is 1. The minimum atomic E-state index is -0.698. The smallest absolute Gasteiger partial charge is 0.0738 e. The van der Waals surface area contributed by atoms with Crippen molar-refractivity contribution in [1.29, 1.82) is 0 Å².